The predicted octanol–water partition coefficient (Wildman–Crippen LogP) is 2.24. The van der Waals surface area contributed by atoms with Crippen molar-refractivity contribution >= 4 is 11.8 Å². The van der Waals surface area contributed by atoms with Gasteiger partial charge in [-0.3, -0.25) is 9.59 Å². The normalized spacial score (nSPS) is 36.4. The molecule has 4 aliphatic heterocycles. The first kappa shape index (κ1) is 20.8. The molecule has 2 saturated heterocycles. The lowest BCUT2D eigenvalue weighted by molar-refractivity contribution is -0.145. The van der Waals surface area contributed by atoms with Crippen LogP contribution in [-0.2, 0) is 19.1 Å². The fourth-order valence-corrected chi connectivity index (χ4v) is 5.73. The average Bonchev–Trinajstić information content (AvgIpc) is 3.12. The Balaban J connectivity index is 1.43. The van der Waals surface area contributed by atoms with E-state index in [1.165, 1.54) is 5.56 Å². The maximum absolute atomic E-state index is 13.4. The van der Waals surface area contributed by atoms with Crippen LogP contribution in [0.15, 0.2) is 24.3 Å². The van der Waals surface area contributed by atoms with E-state index in [-0.39, 0.29) is 36.5 Å². The number of para-hydroxylation sites is 1. The number of amides is 2. The molecule has 1 aromatic carbocycles. The minimum atomic E-state index is -0.563. The summed E-state index contributed by atoms with van der Waals surface area (Å²) in [5.41, 5.74) is 0.685. The third-order valence-electron chi connectivity index (χ3n) is 7.51. The number of carbonyl (C=O) groups excluding carboxylic acids is 2. The minimum absolute atomic E-state index is 0.0463. The van der Waals surface area contributed by atoms with E-state index in [0.29, 0.717) is 38.7 Å². The molecule has 168 valence electrons. The number of benzene rings is 1. The zero-order valence-corrected chi connectivity index (χ0v) is 18.2. The molecule has 7 heteroatoms. The van der Waals surface area contributed by atoms with E-state index >= 15 is 0 Å². The number of ether oxygens (including phenoxy) is 3. The molecule has 1 spiro atoms. The van der Waals surface area contributed by atoms with Gasteiger partial charge in [-0.25, -0.2) is 0 Å². The van der Waals surface area contributed by atoms with Gasteiger partial charge in [-0.15, -0.1) is 0 Å². The number of morpholine rings is 1. The second kappa shape index (κ2) is 8.43. The quantitative estimate of drug-likeness (QED) is 0.686. The lowest BCUT2D eigenvalue weighted by Gasteiger charge is -2.42. The highest BCUT2D eigenvalue weighted by Crippen LogP contribution is 2.40. The summed E-state index contributed by atoms with van der Waals surface area (Å²) in [4.78, 5) is 27.5. The highest BCUT2D eigenvalue weighted by atomic mass is 16.5. The topological polar surface area (TPSA) is 77.1 Å². The molecule has 1 unspecified atom stereocenters. The van der Waals surface area contributed by atoms with Crippen molar-refractivity contribution in [1.29, 1.82) is 0 Å². The highest BCUT2D eigenvalue weighted by Gasteiger charge is 2.52. The Morgan fingerprint density at radius 3 is 2.71 bits per heavy atom. The molecule has 1 aliphatic carbocycles. The molecule has 1 N–H and O–H groups in total. The zero-order valence-electron chi connectivity index (χ0n) is 18.2. The number of rotatable bonds is 0. The van der Waals surface area contributed by atoms with Gasteiger partial charge >= 0.3 is 0 Å². The summed E-state index contributed by atoms with van der Waals surface area (Å²) in [6, 6.07) is 8.02. The molecule has 1 saturated carbocycles. The van der Waals surface area contributed by atoms with Gasteiger partial charge < -0.3 is 24.4 Å². The van der Waals surface area contributed by atoms with Crippen molar-refractivity contribution in [2.24, 2.45) is 5.92 Å². The molecule has 1 aromatic rings. The first-order valence-corrected chi connectivity index (χ1v) is 11.6. The average molecular weight is 429 g/mol. The molecular weight excluding hydrogens is 396 g/mol. The van der Waals surface area contributed by atoms with Crippen LogP contribution >= 0.6 is 0 Å². The lowest BCUT2D eigenvalue weighted by atomic mass is 9.82. The Labute approximate surface area is 183 Å². The summed E-state index contributed by atoms with van der Waals surface area (Å²) in [7, 11) is 0. The van der Waals surface area contributed by atoms with Crippen LogP contribution in [0.1, 0.15) is 50.5 Å². The van der Waals surface area contributed by atoms with Crippen LogP contribution in [0.2, 0.25) is 0 Å². The van der Waals surface area contributed by atoms with Crippen molar-refractivity contribution in [3.8, 4) is 5.75 Å². The summed E-state index contributed by atoms with van der Waals surface area (Å²) < 4.78 is 18.2. The summed E-state index contributed by atoms with van der Waals surface area (Å²) in [5, 5.41) is 3.15. The van der Waals surface area contributed by atoms with E-state index in [2.05, 4.69) is 17.4 Å². The van der Waals surface area contributed by atoms with E-state index in [1.54, 1.807) is 0 Å². The second-order valence-electron chi connectivity index (χ2n) is 9.55. The summed E-state index contributed by atoms with van der Waals surface area (Å²) in [5.74, 6) is 1.00. The summed E-state index contributed by atoms with van der Waals surface area (Å²) >= 11 is 0. The zero-order chi connectivity index (χ0) is 21.4. The van der Waals surface area contributed by atoms with Crippen LogP contribution < -0.4 is 10.1 Å². The molecule has 4 heterocycles. The number of fused-ring (bicyclic) bond motifs is 6. The third kappa shape index (κ3) is 3.94. The third-order valence-corrected chi connectivity index (χ3v) is 7.51. The van der Waals surface area contributed by atoms with Gasteiger partial charge in [0.1, 0.15) is 12.4 Å². The van der Waals surface area contributed by atoms with Gasteiger partial charge in [-0.2, -0.15) is 0 Å². The molecule has 2 bridgehead atoms. The van der Waals surface area contributed by atoms with Crippen molar-refractivity contribution < 1.29 is 23.8 Å². The largest absolute Gasteiger partial charge is 0.492 e. The fourth-order valence-electron chi connectivity index (χ4n) is 5.73. The van der Waals surface area contributed by atoms with Gasteiger partial charge in [-0.05, 0) is 49.7 Å². The van der Waals surface area contributed by atoms with Gasteiger partial charge in [0.15, 0.2) is 0 Å². The Bertz CT molecular complexity index is 837. The number of hydrogen-bond acceptors (Lipinski definition) is 5. The Hall–Kier alpha value is -2.12. The van der Waals surface area contributed by atoms with E-state index in [4.69, 9.17) is 14.2 Å². The molecule has 31 heavy (non-hydrogen) atoms. The maximum Gasteiger partial charge on any atom is 0.246 e. The summed E-state index contributed by atoms with van der Waals surface area (Å²) in [6.07, 6.45) is 4.98. The molecule has 0 radical (unpaired) electrons. The lowest BCUT2D eigenvalue weighted by Crippen LogP contribution is -2.65. The highest BCUT2D eigenvalue weighted by molar-refractivity contribution is 5.81. The van der Waals surface area contributed by atoms with Gasteiger partial charge in [0.25, 0.3) is 0 Å². The molecule has 7 nitrogen and oxygen atoms in total. The number of hydrogen-bond donors (Lipinski definition) is 1. The standard InChI is InChI=1S/C24H32N2O5/c1-16-12-31-20-5-3-2-4-19(20)17-6-8-18(9-7-17)30-13-21-24(10-11-26(21)23(16)28)15-29-14-22(27)25-24/h2-5,16-18,21H,6-15H2,1H3,(H,25,27)/t16?,17?,18?,21-,24+/m0/s1. The first-order chi connectivity index (χ1) is 15.1. The summed E-state index contributed by atoms with van der Waals surface area (Å²) in [6.45, 7) is 3.77. The van der Waals surface area contributed by atoms with Crippen molar-refractivity contribution in [2.45, 2.75) is 62.6 Å². The number of nitrogens with zero attached hydrogens (tertiary/aromatic N) is 1. The Kier molecular flexibility index (Phi) is 5.65. The molecule has 0 aromatic heterocycles. The maximum atomic E-state index is 13.4. The number of nitrogens with one attached hydrogen (secondary N) is 1. The SMILES string of the molecule is CC1COc2ccccc2C2CCC(CC2)OC[C@@H]2N(CC[C@@]23COCC(=O)N3)C1=O. The van der Waals surface area contributed by atoms with Crippen LogP contribution in [0.4, 0.5) is 0 Å². The molecule has 6 rings (SSSR count). The van der Waals surface area contributed by atoms with Gasteiger partial charge in [0, 0.05) is 6.54 Å². The van der Waals surface area contributed by atoms with Crippen molar-refractivity contribution in [2.75, 3.05) is 33.0 Å². The monoisotopic (exact) mass is 428 g/mol. The van der Waals surface area contributed by atoms with Crippen LogP contribution in [0.5, 0.6) is 5.75 Å². The number of carbonyl (C=O) groups is 2. The fraction of sp³-hybridized carbons (Fsp3) is 0.667. The van der Waals surface area contributed by atoms with Crippen molar-refractivity contribution in [1.82, 2.24) is 10.2 Å². The van der Waals surface area contributed by atoms with E-state index in [1.807, 2.05) is 24.0 Å². The van der Waals surface area contributed by atoms with Crippen LogP contribution in [0.3, 0.4) is 0 Å². The first-order valence-electron chi connectivity index (χ1n) is 11.6. The van der Waals surface area contributed by atoms with Crippen molar-refractivity contribution in [3.05, 3.63) is 29.8 Å². The molecule has 3 atom stereocenters. The van der Waals surface area contributed by atoms with Crippen LogP contribution in [0.25, 0.3) is 0 Å². The predicted molar refractivity (Wildman–Crippen MR) is 114 cm³/mol. The molecular formula is C24H32N2O5. The van der Waals surface area contributed by atoms with Gasteiger partial charge in [0.2, 0.25) is 11.8 Å². The molecule has 2 amide bonds. The molecule has 3 fully saturated rings. The van der Waals surface area contributed by atoms with Crippen molar-refractivity contribution in [3.63, 3.8) is 0 Å². The smallest absolute Gasteiger partial charge is 0.246 e. The minimum Gasteiger partial charge on any atom is -0.492 e. The van der Waals surface area contributed by atoms with E-state index in [9.17, 15) is 9.59 Å². The van der Waals surface area contributed by atoms with Crippen LogP contribution in [0, 0.1) is 5.92 Å². The molecule has 5 aliphatic rings. The van der Waals surface area contributed by atoms with E-state index in [0.717, 1.165) is 31.4 Å². The second-order valence-corrected chi connectivity index (χ2v) is 9.55. The van der Waals surface area contributed by atoms with Crippen LogP contribution in [-0.4, -0.2) is 67.4 Å². The Morgan fingerprint density at radius 1 is 1.10 bits per heavy atom. The van der Waals surface area contributed by atoms with E-state index < -0.39 is 5.54 Å². The Morgan fingerprint density at radius 2 is 1.90 bits per heavy atom. The van der Waals surface area contributed by atoms with Gasteiger partial charge in [0.05, 0.1) is 43.4 Å². The van der Waals surface area contributed by atoms with Gasteiger partial charge in [-0.1, -0.05) is 25.1 Å².